The summed E-state index contributed by atoms with van der Waals surface area (Å²) >= 11 is 0. The molecule has 4 rings (SSSR count). The second-order valence-corrected chi connectivity index (χ2v) is 6.04. The minimum Gasteiger partial charge on any atom is -0.394 e. The molecule has 0 radical (unpaired) electrons. The standard InChI is InChI=1S/C14H20N6O5/c15-11-8-12(17-6-16-11)20(13-10(23)9(22)7(5-21)25-13)14(18-8)19-1-3-24-4-2-19/h6-7,9-10,13,21-23H,1-5H2,(H2,15,16,17)/t7-,9-,10-,13-/m1/s1. The fourth-order valence-corrected chi connectivity index (χ4v) is 3.23. The summed E-state index contributed by atoms with van der Waals surface area (Å²) in [4.78, 5) is 14.7. The van der Waals surface area contributed by atoms with E-state index in [0.717, 1.165) is 0 Å². The van der Waals surface area contributed by atoms with Crippen LogP contribution in [0, 0.1) is 0 Å². The molecule has 136 valence electrons. The van der Waals surface area contributed by atoms with Crippen molar-refractivity contribution in [1.29, 1.82) is 0 Å². The Labute approximate surface area is 142 Å². The third-order valence-electron chi connectivity index (χ3n) is 4.55. The molecule has 0 unspecified atom stereocenters. The van der Waals surface area contributed by atoms with Gasteiger partial charge in [-0.1, -0.05) is 0 Å². The Hall–Kier alpha value is -2.05. The molecule has 0 spiro atoms. The van der Waals surface area contributed by atoms with Crippen LogP contribution in [0.2, 0.25) is 0 Å². The van der Waals surface area contributed by atoms with Crippen LogP contribution in [-0.4, -0.2) is 86.1 Å². The van der Waals surface area contributed by atoms with E-state index in [1.54, 1.807) is 4.57 Å². The van der Waals surface area contributed by atoms with Gasteiger partial charge in [-0.25, -0.2) is 15.0 Å². The predicted octanol–water partition coefficient (Wildman–Crippen LogP) is -2.14. The minimum atomic E-state index is -1.24. The van der Waals surface area contributed by atoms with Crippen molar-refractivity contribution in [1.82, 2.24) is 19.5 Å². The molecular weight excluding hydrogens is 332 g/mol. The molecule has 0 amide bonds. The summed E-state index contributed by atoms with van der Waals surface area (Å²) in [5, 5.41) is 29.9. The quantitative estimate of drug-likeness (QED) is 0.481. The summed E-state index contributed by atoms with van der Waals surface area (Å²) in [5.41, 5.74) is 6.70. The average molecular weight is 352 g/mol. The Morgan fingerprint density at radius 1 is 1.20 bits per heavy atom. The fraction of sp³-hybridized carbons (Fsp3) is 0.643. The van der Waals surface area contributed by atoms with E-state index in [4.69, 9.17) is 15.2 Å². The molecule has 0 bridgehead atoms. The number of rotatable bonds is 3. The third kappa shape index (κ3) is 2.60. The van der Waals surface area contributed by atoms with E-state index < -0.39 is 31.1 Å². The zero-order valence-electron chi connectivity index (χ0n) is 13.4. The number of aliphatic hydroxyl groups is 3. The molecule has 2 aliphatic heterocycles. The van der Waals surface area contributed by atoms with Crippen molar-refractivity contribution in [3.05, 3.63) is 6.33 Å². The van der Waals surface area contributed by atoms with Crippen molar-refractivity contribution < 1.29 is 24.8 Å². The zero-order chi connectivity index (χ0) is 17.6. The number of fused-ring (bicyclic) bond motifs is 1. The van der Waals surface area contributed by atoms with Gasteiger partial charge in [0.1, 0.15) is 24.6 Å². The van der Waals surface area contributed by atoms with Gasteiger partial charge in [0.25, 0.3) is 0 Å². The monoisotopic (exact) mass is 352 g/mol. The third-order valence-corrected chi connectivity index (χ3v) is 4.55. The van der Waals surface area contributed by atoms with Crippen LogP contribution in [0.25, 0.3) is 11.2 Å². The van der Waals surface area contributed by atoms with Gasteiger partial charge in [-0.3, -0.25) is 4.57 Å². The van der Waals surface area contributed by atoms with Crippen molar-refractivity contribution in [2.24, 2.45) is 0 Å². The molecule has 4 heterocycles. The van der Waals surface area contributed by atoms with Gasteiger partial charge >= 0.3 is 0 Å². The second kappa shape index (κ2) is 6.35. The number of aliphatic hydroxyl groups excluding tert-OH is 3. The molecule has 5 N–H and O–H groups in total. The molecule has 11 heteroatoms. The van der Waals surface area contributed by atoms with Gasteiger partial charge in [-0.05, 0) is 0 Å². The first-order valence-corrected chi connectivity index (χ1v) is 8.05. The highest BCUT2D eigenvalue weighted by molar-refractivity contribution is 5.84. The van der Waals surface area contributed by atoms with E-state index >= 15 is 0 Å². The van der Waals surface area contributed by atoms with Crippen LogP contribution in [0.3, 0.4) is 0 Å². The van der Waals surface area contributed by atoms with Crippen LogP contribution in [0.15, 0.2) is 6.33 Å². The number of nitrogens with two attached hydrogens (primary N) is 1. The highest BCUT2D eigenvalue weighted by Crippen LogP contribution is 2.36. The molecule has 0 aliphatic carbocycles. The van der Waals surface area contributed by atoms with Crippen molar-refractivity contribution in [2.45, 2.75) is 24.5 Å². The maximum absolute atomic E-state index is 10.4. The van der Waals surface area contributed by atoms with Crippen molar-refractivity contribution >= 4 is 22.9 Å². The molecule has 2 aromatic heterocycles. The van der Waals surface area contributed by atoms with Crippen LogP contribution in [0.4, 0.5) is 11.8 Å². The van der Waals surface area contributed by atoms with Gasteiger partial charge < -0.3 is 35.4 Å². The first-order valence-electron chi connectivity index (χ1n) is 8.05. The number of hydrogen-bond donors (Lipinski definition) is 4. The van der Waals surface area contributed by atoms with E-state index in [2.05, 4.69) is 15.0 Å². The zero-order valence-corrected chi connectivity index (χ0v) is 13.4. The van der Waals surface area contributed by atoms with Gasteiger partial charge in [-0.15, -0.1) is 0 Å². The number of imidazole rings is 1. The Balaban J connectivity index is 1.84. The van der Waals surface area contributed by atoms with Crippen LogP contribution in [0.1, 0.15) is 6.23 Å². The average Bonchev–Trinajstić information content (AvgIpc) is 3.15. The lowest BCUT2D eigenvalue weighted by Gasteiger charge is -2.30. The summed E-state index contributed by atoms with van der Waals surface area (Å²) in [6.07, 6.45) is -3.01. The molecule has 11 nitrogen and oxygen atoms in total. The molecule has 2 fully saturated rings. The number of nitrogen functional groups attached to an aromatic ring is 1. The van der Waals surface area contributed by atoms with E-state index in [1.165, 1.54) is 6.33 Å². The van der Waals surface area contributed by atoms with Crippen molar-refractivity contribution in [2.75, 3.05) is 43.5 Å². The van der Waals surface area contributed by atoms with Gasteiger partial charge in [0.15, 0.2) is 23.2 Å². The first-order chi connectivity index (χ1) is 12.1. The number of nitrogens with zero attached hydrogens (tertiary/aromatic N) is 5. The number of hydrogen-bond acceptors (Lipinski definition) is 10. The topological polar surface area (TPSA) is 152 Å². The van der Waals surface area contributed by atoms with E-state index in [0.29, 0.717) is 43.4 Å². The summed E-state index contributed by atoms with van der Waals surface area (Å²) in [6.45, 7) is 1.88. The van der Waals surface area contributed by atoms with Crippen molar-refractivity contribution in [3.63, 3.8) is 0 Å². The maximum Gasteiger partial charge on any atom is 0.210 e. The minimum absolute atomic E-state index is 0.213. The van der Waals surface area contributed by atoms with Crippen LogP contribution in [-0.2, 0) is 9.47 Å². The van der Waals surface area contributed by atoms with Gasteiger partial charge in [0.05, 0.1) is 19.8 Å². The normalized spacial score (nSPS) is 30.3. The molecule has 0 saturated carbocycles. The van der Waals surface area contributed by atoms with E-state index in [1.807, 2.05) is 4.90 Å². The second-order valence-electron chi connectivity index (χ2n) is 6.04. The summed E-state index contributed by atoms with van der Waals surface area (Å²) in [7, 11) is 0. The lowest BCUT2D eigenvalue weighted by atomic mass is 10.1. The Morgan fingerprint density at radius 2 is 1.96 bits per heavy atom. The number of morpholine rings is 1. The van der Waals surface area contributed by atoms with Gasteiger partial charge in [0, 0.05) is 13.1 Å². The summed E-state index contributed by atoms with van der Waals surface area (Å²) in [5.74, 6) is 0.713. The lowest BCUT2D eigenvalue weighted by Crippen LogP contribution is -2.39. The van der Waals surface area contributed by atoms with Crippen LogP contribution in [0.5, 0.6) is 0 Å². The number of anilines is 2. The predicted molar refractivity (Wildman–Crippen MR) is 85.8 cm³/mol. The highest BCUT2D eigenvalue weighted by atomic mass is 16.6. The maximum atomic E-state index is 10.4. The highest BCUT2D eigenvalue weighted by Gasteiger charge is 2.45. The van der Waals surface area contributed by atoms with Crippen LogP contribution >= 0.6 is 0 Å². The smallest absolute Gasteiger partial charge is 0.210 e. The molecular formula is C14H20N6O5. The molecule has 2 saturated heterocycles. The largest absolute Gasteiger partial charge is 0.394 e. The number of aromatic nitrogens is 4. The Kier molecular flexibility index (Phi) is 4.17. The fourth-order valence-electron chi connectivity index (χ4n) is 3.23. The summed E-state index contributed by atoms with van der Waals surface area (Å²) < 4.78 is 12.6. The van der Waals surface area contributed by atoms with Crippen molar-refractivity contribution in [3.8, 4) is 0 Å². The van der Waals surface area contributed by atoms with Gasteiger partial charge in [0.2, 0.25) is 5.95 Å². The summed E-state index contributed by atoms with van der Waals surface area (Å²) in [6, 6.07) is 0. The Morgan fingerprint density at radius 3 is 2.64 bits per heavy atom. The SMILES string of the molecule is Nc1ncnc2c1nc(N1CCOCC1)n2[C@@H]1O[C@H](CO)[C@@H](O)[C@H]1O. The van der Waals surface area contributed by atoms with Gasteiger partial charge in [-0.2, -0.15) is 0 Å². The van der Waals surface area contributed by atoms with E-state index in [9.17, 15) is 15.3 Å². The molecule has 2 aliphatic rings. The Bertz CT molecular complexity index is 763. The molecule has 2 aromatic rings. The van der Waals surface area contributed by atoms with Crippen LogP contribution < -0.4 is 10.6 Å². The van der Waals surface area contributed by atoms with E-state index in [-0.39, 0.29) is 5.82 Å². The molecule has 25 heavy (non-hydrogen) atoms. The number of ether oxygens (including phenoxy) is 2. The first kappa shape index (κ1) is 16.4. The molecule has 0 aromatic carbocycles. The molecule has 4 atom stereocenters. The lowest BCUT2D eigenvalue weighted by molar-refractivity contribution is -0.0506.